The van der Waals surface area contributed by atoms with Gasteiger partial charge in [0.15, 0.2) is 0 Å². The first kappa shape index (κ1) is 13.5. The van der Waals surface area contributed by atoms with Crippen molar-refractivity contribution in [1.29, 1.82) is 0 Å². The molecule has 90 valence electrons. The fraction of sp³-hybridized carbons (Fsp3) is 0.294. The van der Waals surface area contributed by atoms with Crippen LogP contribution in [0.15, 0.2) is 60.7 Å². The minimum Gasteiger partial charge on any atom is -0.100 e. The lowest BCUT2D eigenvalue weighted by molar-refractivity contribution is 0.887. The first-order valence-electron chi connectivity index (χ1n) is 6.13. The lowest BCUT2D eigenvalue weighted by Gasteiger charge is -2.09. The lowest BCUT2D eigenvalue weighted by Crippen LogP contribution is -1.94. The fourth-order valence-corrected chi connectivity index (χ4v) is 1.82. The second-order valence-corrected chi connectivity index (χ2v) is 4.62. The lowest BCUT2D eigenvalue weighted by atomic mass is 9.96. The highest BCUT2D eigenvalue weighted by Gasteiger charge is 2.02. The largest absolute Gasteiger partial charge is 0.100 e. The summed E-state index contributed by atoms with van der Waals surface area (Å²) in [5.41, 5.74) is 5.43. The van der Waals surface area contributed by atoms with Gasteiger partial charge >= 0.3 is 0 Å². The Labute approximate surface area is 105 Å². The Morgan fingerprint density at radius 2 is 1.94 bits per heavy atom. The van der Waals surface area contributed by atoms with Crippen LogP contribution >= 0.6 is 0 Å². The summed E-state index contributed by atoms with van der Waals surface area (Å²) < 4.78 is 0. The second kappa shape index (κ2) is 6.90. The van der Waals surface area contributed by atoms with E-state index in [0.717, 1.165) is 19.3 Å². The van der Waals surface area contributed by atoms with Gasteiger partial charge in [-0.3, -0.25) is 0 Å². The molecule has 0 aliphatic carbocycles. The molecule has 1 aromatic rings. The molecular weight excluding hydrogens is 204 g/mol. The molecule has 0 aromatic heterocycles. The summed E-state index contributed by atoms with van der Waals surface area (Å²) in [5.74, 6) is 0. The van der Waals surface area contributed by atoms with Gasteiger partial charge in [0.25, 0.3) is 0 Å². The van der Waals surface area contributed by atoms with E-state index in [1.54, 1.807) is 0 Å². The summed E-state index contributed by atoms with van der Waals surface area (Å²) in [7, 11) is 0. The molecular formula is C17H22. The van der Waals surface area contributed by atoms with Crippen molar-refractivity contribution in [3.8, 4) is 0 Å². The smallest absolute Gasteiger partial charge is 0.00613 e. The van der Waals surface area contributed by atoms with Crippen LogP contribution in [0.25, 0.3) is 0 Å². The Balaban J connectivity index is 2.74. The quantitative estimate of drug-likeness (QED) is 0.472. The van der Waals surface area contributed by atoms with Crippen molar-refractivity contribution < 1.29 is 0 Å². The molecule has 0 heteroatoms. The van der Waals surface area contributed by atoms with Gasteiger partial charge in [0, 0.05) is 0 Å². The Morgan fingerprint density at radius 3 is 2.53 bits per heavy atom. The van der Waals surface area contributed by atoms with Crippen LogP contribution in [0.1, 0.15) is 30.9 Å². The van der Waals surface area contributed by atoms with Crippen molar-refractivity contribution in [1.82, 2.24) is 0 Å². The highest BCUT2D eigenvalue weighted by atomic mass is 14.1. The predicted octanol–water partition coefficient (Wildman–Crippen LogP) is 5.01. The van der Waals surface area contributed by atoms with E-state index in [-0.39, 0.29) is 0 Å². The summed E-state index contributed by atoms with van der Waals surface area (Å²) in [4.78, 5) is 0. The molecule has 0 atom stereocenters. The van der Waals surface area contributed by atoms with Crippen molar-refractivity contribution >= 4 is 0 Å². The fourth-order valence-electron chi connectivity index (χ4n) is 1.82. The van der Waals surface area contributed by atoms with E-state index in [4.69, 9.17) is 0 Å². The van der Waals surface area contributed by atoms with Gasteiger partial charge in [0.1, 0.15) is 0 Å². The van der Waals surface area contributed by atoms with Crippen LogP contribution in [0.4, 0.5) is 0 Å². The molecule has 0 N–H and O–H groups in total. The molecule has 0 radical (unpaired) electrons. The van der Waals surface area contributed by atoms with Crippen LogP contribution < -0.4 is 0 Å². The number of aryl methyl sites for hydroxylation is 1. The van der Waals surface area contributed by atoms with E-state index >= 15 is 0 Å². The Morgan fingerprint density at radius 1 is 1.24 bits per heavy atom. The van der Waals surface area contributed by atoms with Crippen LogP contribution in [0, 0.1) is 6.92 Å². The van der Waals surface area contributed by atoms with Gasteiger partial charge in [0.05, 0.1) is 0 Å². The monoisotopic (exact) mass is 226 g/mol. The molecule has 0 aliphatic rings. The highest BCUT2D eigenvalue weighted by molar-refractivity contribution is 5.31. The number of allylic oxidation sites excluding steroid dienone is 4. The molecule has 1 rings (SSSR count). The topological polar surface area (TPSA) is 0 Å². The molecule has 0 fully saturated rings. The molecule has 0 heterocycles. The molecule has 0 spiro atoms. The van der Waals surface area contributed by atoms with Crippen LogP contribution in [-0.4, -0.2) is 0 Å². The summed E-state index contributed by atoms with van der Waals surface area (Å²) in [6.45, 7) is 12.0. The third-order valence-corrected chi connectivity index (χ3v) is 2.91. The van der Waals surface area contributed by atoms with Gasteiger partial charge in [-0.1, -0.05) is 54.1 Å². The second-order valence-electron chi connectivity index (χ2n) is 4.62. The van der Waals surface area contributed by atoms with Gasteiger partial charge in [-0.25, -0.2) is 0 Å². The third kappa shape index (κ3) is 4.86. The molecule has 0 aliphatic heterocycles. The number of benzene rings is 1. The number of hydrogen-bond donors (Lipinski definition) is 0. The zero-order chi connectivity index (χ0) is 12.7. The standard InChI is InChI=1S/C17H22/c1-5-8-16(12-11-14(2)3)13-17-10-7-6-9-15(17)4/h5-10H,1-2,11-13H2,3-4H3/b16-8+. The van der Waals surface area contributed by atoms with Gasteiger partial charge in [-0.2, -0.15) is 0 Å². The SMILES string of the molecule is C=C/C=C(\CCC(=C)C)Cc1ccccc1C. The van der Waals surface area contributed by atoms with Gasteiger partial charge in [-0.15, -0.1) is 6.58 Å². The third-order valence-electron chi connectivity index (χ3n) is 2.91. The van der Waals surface area contributed by atoms with E-state index in [1.165, 1.54) is 22.3 Å². The van der Waals surface area contributed by atoms with Gasteiger partial charge < -0.3 is 0 Å². The first-order valence-corrected chi connectivity index (χ1v) is 6.13. The van der Waals surface area contributed by atoms with Crippen LogP contribution in [0.3, 0.4) is 0 Å². The molecule has 0 unspecified atom stereocenters. The normalized spacial score (nSPS) is 11.3. The summed E-state index contributed by atoms with van der Waals surface area (Å²) in [6.07, 6.45) is 7.18. The molecule has 17 heavy (non-hydrogen) atoms. The van der Waals surface area contributed by atoms with Crippen molar-refractivity contribution in [2.24, 2.45) is 0 Å². The van der Waals surface area contributed by atoms with Crippen molar-refractivity contribution in [3.05, 3.63) is 71.8 Å². The van der Waals surface area contributed by atoms with E-state index < -0.39 is 0 Å². The van der Waals surface area contributed by atoms with Gasteiger partial charge in [-0.05, 0) is 44.2 Å². The minimum atomic E-state index is 1.02. The van der Waals surface area contributed by atoms with E-state index in [0.29, 0.717) is 0 Å². The summed E-state index contributed by atoms with van der Waals surface area (Å²) in [5, 5.41) is 0. The van der Waals surface area contributed by atoms with Crippen LogP contribution in [0.5, 0.6) is 0 Å². The van der Waals surface area contributed by atoms with E-state index in [2.05, 4.69) is 57.3 Å². The number of hydrogen-bond acceptors (Lipinski definition) is 0. The first-order chi connectivity index (χ1) is 8.13. The minimum absolute atomic E-state index is 1.02. The molecule has 1 aromatic carbocycles. The maximum absolute atomic E-state index is 3.96. The number of rotatable bonds is 6. The van der Waals surface area contributed by atoms with Crippen molar-refractivity contribution in [2.75, 3.05) is 0 Å². The Bertz CT molecular complexity index is 421. The summed E-state index contributed by atoms with van der Waals surface area (Å²) in [6, 6.07) is 8.56. The Kier molecular flexibility index (Phi) is 5.48. The molecule has 0 bridgehead atoms. The zero-order valence-electron chi connectivity index (χ0n) is 11.0. The van der Waals surface area contributed by atoms with Crippen molar-refractivity contribution in [3.63, 3.8) is 0 Å². The van der Waals surface area contributed by atoms with E-state index in [1.807, 2.05) is 6.08 Å². The zero-order valence-corrected chi connectivity index (χ0v) is 11.0. The maximum atomic E-state index is 3.96. The van der Waals surface area contributed by atoms with Gasteiger partial charge in [0.2, 0.25) is 0 Å². The van der Waals surface area contributed by atoms with Crippen LogP contribution in [-0.2, 0) is 6.42 Å². The average molecular weight is 226 g/mol. The van der Waals surface area contributed by atoms with E-state index in [9.17, 15) is 0 Å². The molecule has 0 nitrogen and oxygen atoms in total. The predicted molar refractivity (Wildman–Crippen MR) is 77.2 cm³/mol. The maximum Gasteiger partial charge on any atom is -0.00613 e. The summed E-state index contributed by atoms with van der Waals surface area (Å²) >= 11 is 0. The molecule has 0 saturated heterocycles. The molecule has 0 saturated carbocycles. The highest BCUT2D eigenvalue weighted by Crippen LogP contribution is 2.18. The molecule has 0 amide bonds. The van der Waals surface area contributed by atoms with Crippen molar-refractivity contribution in [2.45, 2.75) is 33.1 Å². The van der Waals surface area contributed by atoms with Crippen LogP contribution in [0.2, 0.25) is 0 Å². The average Bonchev–Trinajstić information content (AvgIpc) is 2.29. The Hall–Kier alpha value is -1.56.